The average molecular weight is 561 g/mol. The van der Waals surface area contributed by atoms with Crippen LogP contribution in [-0.2, 0) is 16.1 Å². The van der Waals surface area contributed by atoms with Crippen LogP contribution >= 0.6 is 0 Å². The number of anilines is 2. The highest BCUT2D eigenvalue weighted by atomic mass is 19.1. The molecule has 0 spiro atoms. The van der Waals surface area contributed by atoms with Crippen molar-refractivity contribution in [3.8, 4) is 5.75 Å². The van der Waals surface area contributed by atoms with E-state index in [1.54, 1.807) is 37.5 Å². The Bertz CT molecular complexity index is 1590. The normalized spacial score (nSPS) is 12.4. The SMILES string of the molecule is CNCc1cc(NC(=O)OC[C@H](C)c2ccc(C(C=O)Nc3ccc4cc[nH]c(=O)c4c3)cc2C)ccc1OCF. The number of aromatic amines is 1. The van der Waals surface area contributed by atoms with E-state index in [0.29, 0.717) is 34.6 Å². The molecule has 214 valence electrons. The van der Waals surface area contributed by atoms with E-state index in [1.807, 2.05) is 50.2 Å². The van der Waals surface area contributed by atoms with Gasteiger partial charge in [0.25, 0.3) is 5.56 Å². The monoisotopic (exact) mass is 560 g/mol. The van der Waals surface area contributed by atoms with Crippen molar-refractivity contribution < 1.29 is 23.5 Å². The first-order valence-corrected chi connectivity index (χ1v) is 13.2. The predicted molar refractivity (Wildman–Crippen MR) is 157 cm³/mol. The van der Waals surface area contributed by atoms with Crippen LogP contribution in [0.1, 0.15) is 41.1 Å². The lowest BCUT2D eigenvalue weighted by Gasteiger charge is -2.19. The minimum atomic E-state index is -0.942. The van der Waals surface area contributed by atoms with Gasteiger partial charge in [0.15, 0.2) is 0 Å². The van der Waals surface area contributed by atoms with E-state index >= 15 is 0 Å². The van der Waals surface area contributed by atoms with Crippen LogP contribution < -0.4 is 26.2 Å². The third-order valence-electron chi connectivity index (χ3n) is 6.77. The molecular weight excluding hydrogens is 527 g/mol. The molecule has 4 aromatic rings. The summed E-state index contributed by atoms with van der Waals surface area (Å²) in [6.45, 7) is 3.53. The van der Waals surface area contributed by atoms with E-state index in [9.17, 15) is 18.8 Å². The zero-order valence-corrected chi connectivity index (χ0v) is 23.1. The number of aryl methyl sites for hydroxylation is 1. The number of nitrogens with one attached hydrogen (secondary N) is 4. The lowest BCUT2D eigenvalue weighted by molar-refractivity contribution is -0.108. The molecule has 0 fully saturated rings. The van der Waals surface area contributed by atoms with Crippen LogP contribution in [0.25, 0.3) is 10.8 Å². The van der Waals surface area contributed by atoms with Crippen molar-refractivity contribution in [1.82, 2.24) is 10.3 Å². The molecule has 4 rings (SSSR count). The standard InChI is InChI=1S/C31H33FN4O5/c1-19-12-22(28(16-37)35-25-6-4-21-10-11-34-30(38)27(21)14-25)5-8-26(19)20(2)17-40-31(39)36-24-7-9-29(41-18-32)23(13-24)15-33-3/h4-14,16,20,28,33,35H,15,17-18H2,1-3H3,(H,34,38)(H,36,39)/t20-,28?/m0/s1. The Morgan fingerprint density at radius 2 is 1.88 bits per heavy atom. The zero-order valence-electron chi connectivity index (χ0n) is 23.1. The highest BCUT2D eigenvalue weighted by Gasteiger charge is 2.17. The Kier molecular flexibility index (Phi) is 9.70. The highest BCUT2D eigenvalue weighted by molar-refractivity contribution is 5.86. The van der Waals surface area contributed by atoms with Gasteiger partial charge in [0, 0.05) is 41.0 Å². The molecule has 1 amide bonds. The summed E-state index contributed by atoms with van der Waals surface area (Å²) in [4.78, 5) is 39.3. The number of ether oxygens (including phenoxy) is 2. The maximum atomic E-state index is 12.6. The van der Waals surface area contributed by atoms with Crippen LogP contribution in [0.15, 0.2) is 71.7 Å². The van der Waals surface area contributed by atoms with Crippen molar-refractivity contribution in [3.63, 3.8) is 0 Å². The molecule has 9 nitrogen and oxygen atoms in total. The Balaban J connectivity index is 1.38. The molecule has 0 bridgehead atoms. The molecule has 3 aromatic carbocycles. The number of alkyl halides is 1. The number of benzene rings is 3. The van der Waals surface area contributed by atoms with E-state index in [4.69, 9.17) is 9.47 Å². The van der Waals surface area contributed by atoms with Gasteiger partial charge in [-0.25, -0.2) is 9.18 Å². The van der Waals surface area contributed by atoms with Crippen LogP contribution in [0.5, 0.6) is 5.75 Å². The highest BCUT2D eigenvalue weighted by Crippen LogP contribution is 2.27. The first-order chi connectivity index (χ1) is 19.8. The summed E-state index contributed by atoms with van der Waals surface area (Å²) in [5, 5.41) is 10.2. The van der Waals surface area contributed by atoms with Crippen LogP contribution in [0.4, 0.5) is 20.6 Å². The maximum Gasteiger partial charge on any atom is 0.411 e. The molecule has 0 aliphatic rings. The number of hydrogen-bond donors (Lipinski definition) is 4. The molecule has 0 aliphatic carbocycles. The Labute approximate surface area is 237 Å². The van der Waals surface area contributed by atoms with Crippen molar-refractivity contribution in [1.29, 1.82) is 0 Å². The van der Waals surface area contributed by atoms with E-state index in [2.05, 4.69) is 20.9 Å². The fraction of sp³-hybridized carbons (Fsp3) is 0.258. The van der Waals surface area contributed by atoms with E-state index in [-0.39, 0.29) is 18.1 Å². The quantitative estimate of drug-likeness (QED) is 0.167. The van der Waals surface area contributed by atoms with Crippen molar-refractivity contribution in [2.24, 2.45) is 0 Å². The van der Waals surface area contributed by atoms with Gasteiger partial charge < -0.3 is 29.9 Å². The molecule has 1 unspecified atom stereocenters. The number of amides is 1. The molecule has 0 saturated carbocycles. The molecule has 0 radical (unpaired) electrons. The minimum absolute atomic E-state index is 0.107. The van der Waals surface area contributed by atoms with Gasteiger partial charge in [0.05, 0.1) is 6.61 Å². The summed E-state index contributed by atoms with van der Waals surface area (Å²) in [7, 11) is 1.76. The number of H-pyrrole nitrogens is 1. The van der Waals surface area contributed by atoms with Gasteiger partial charge in [-0.15, -0.1) is 0 Å². The van der Waals surface area contributed by atoms with E-state index < -0.39 is 19.0 Å². The van der Waals surface area contributed by atoms with Gasteiger partial charge >= 0.3 is 6.09 Å². The van der Waals surface area contributed by atoms with Crippen LogP contribution in [0, 0.1) is 6.92 Å². The summed E-state index contributed by atoms with van der Waals surface area (Å²) in [5.41, 5.74) is 4.36. The maximum absolute atomic E-state index is 12.6. The molecule has 4 N–H and O–H groups in total. The third-order valence-corrected chi connectivity index (χ3v) is 6.77. The number of hydrogen-bond acceptors (Lipinski definition) is 7. The lowest BCUT2D eigenvalue weighted by atomic mass is 9.93. The molecule has 1 aromatic heterocycles. The van der Waals surface area contributed by atoms with E-state index in [0.717, 1.165) is 28.4 Å². The average Bonchev–Trinajstić information content (AvgIpc) is 2.96. The summed E-state index contributed by atoms with van der Waals surface area (Å²) in [6.07, 6.45) is 1.81. The van der Waals surface area contributed by atoms with Crippen LogP contribution in [0.2, 0.25) is 0 Å². The van der Waals surface area contributed by atoms with Crippen molar-refractivity contribution in [3.05, 3.63) is 99.5 Å². The summed E-state index contributed by atoms with van der Waals surface area (Å²) in [5.74, 6) is 0.290. The van der Waals surface area contributed by atoms with Gasteiger partial charge in [0.1, 0.15) is 18.1 Å². The Morgan fingerprint density at radius 1 is 1.07 bits per heavy atom. The third kappa shape index (κ3) is 7.29. The number of carbonyl (C=O) groups excluding carboxylic acids is 2. The number of rotatable bonds is 12. The number of halogens is 1. The first kappa shape index (κ1) is 29.3. The number of fused-ring (bicyclic) bond motifs is 1. The number of aromatic nitrogens is 1. The fourth-order valence-corrected chi connectivity index (χ4v) is 4.72. The van der Waals surface area contributed by atoms with Crippen molar-refractivity contribution >= 4 is 34.5 Å². The number of pyridine rings is 1. The second-order valence-corrected chi connectivity index (χ2v) is 9.71. The fourth-order valence-electron chi connectivity index (χ4n) is 4.72. The molecule has 0 saturated heterocycles. The molecule has 1 heterocycles. The first-order valence-electron chi connectivity index (χ1n) is 13.2. The van der Waals surface area contributed by atoms with Crippen LogP contribution in [0.3, 0.4) is 0 Å². The summed E-state index contributed by atoms with van der Waals surface area (Å²) < 4.78 is 23.1. The van der Waals surface area contributed by atoms with E-state index in [1.165, 1.54) is 0 Å². The Hall–Kier alpha value is -4.70. The van der Waals surface area contributed by atoms with Gasteiger partial charge in [0.2, 0.25) is 6.86 Å². The van der Waals surface area contributed by atoms with Gasteiger partial charge in [-0.3, -0.25) is 10.1 Å². The number of carbonyl (C=O) groups is 2. The van der Waals surface area contributed by atoms with Crippen molar-refractivity contribution in [2.45, 2.75) is 32.4 Å². The molecule has 0 aliphatic heterocycles. The molecular formula is C31H33FN4O5. The predicted octanol–water partition coefficient (Wildman–Crippen LogP) is 5.57. The molecule has 2 atom stereocenters. The minimum Gasteiger partial charge on any atom is -0.463 e. The molecule has 41 heavy (non-hydrogen) atoms. The summed E-state index contributed by atoms with van der Waals surface area (Å²) in [6, 6.07) is 17.2. The second-order valence-electron chi connectivity index (χ2n) is 9.71. The van der Waals surface area contributed by atoms with Crippen LogP contribution in [-0.4, -0.2) is 37.9 Å². The zero-order chi connectivity index (χ0) is 29.4. The largest absolute Gasteiger partial charge is 0.463 e. The lowest BCUT2D eigenvalue weighted by Crippen LogP contribution is -2.18. The Morgan fingerprint density at radius 3 is 2.61 bits per heavy atom. The topological polar surface area (TPSA) is 122 Å². The molecule has 10 heteroatoms. The van der Waals surface area contributed by atoms with Gasteiger partial charge in [-0.05, 0) is 72.4 Å². The second kappa shape index (κ2) is 13.6. The van der Waals surface area contributed by atoms with Crippen molar-refractivity contribution in [2.75, 3.05) is 31.1 Å². The smallest absolute Gasteiger partial charge is 0.411 e. The summed E-state index contributed by atoms with van der Waals surface area (Å²) >= 11 is 0. The van der Waals surface area contributed by atoms with Gasteiger partial charge in [-0.1, -0.05) is 31.2 Å². The van der Waals surface area contributed by atoms with Gasteiger partial charge in [-0.2, -0.15) is 0 Å². The number of aldehydes is 1.